The number of hydrogen-bond acceptors (Lipinski definition) is 5. The van der Waals surface area contributed by atoms with Gasteiger partial charge in [0.15, 0.2) is 11.5 Å². The average Bonchev–Trinajstić information content (AvgIpc) is 3.35. The number of halogens is 2. The number of nitrogens with one attached hydrogen (secondary N) is 1. The molecule has 4 rings (SSSR count). The molecule has 0 aliphatic rings. The van der Waals surface area contributed by atoms with Crippen molar-refractivity contribution in [3.63, 3.8) is 0 Å². The molecule has 0 aliphatic carbocycles. The van der Waals surface area contributed by atoms with Crippen LogP contribution in [-0.4, -0.2) is 25.8 Å². The zero-order valence-corrected chi connectivity index (χ0v) is 15.1. The number of amides is 1. The molecule has 1 N–H and O–H groups in total. The molecule has 0 atom stereocenters. The van der Waals surface area contributed by atoms with E-state index in [0.717, 1.165) is 5.56 Å². The summed E-state index contributed by atoms with van der Waals surface area (Å²) in [7, 11) is 0. The molecule has 2 heterocycles. The lowest BCUT2D eigenvalue weighted by molar-refractivity contribution is 0.101. The highest BCUT2D eigenvalue weighted by Crippen LogP contribution is 2.21. The highest BCUT2D eigenvalue weighted by atomic mass is 35.5. The highest BCUT2D eigenvalue weighted by Gasteiger charge is 2.16. The lowest BCUT2D eigenvalue weighted by Crippen LogP contribution is -2.14. The second kappa shape index (κ2) is 7.61. The van der Waals surface area contributed by atoms with Crippen LogP contribution in [0.2, 0.25) is 5.02 Å². The number of carbonyl (C=O) groups excluding carboxylic acids is 1. The maximum absolute atomic E-state index is 13.9. The van der Waals surface area contributed by atoms with Gasteiger partial charge in [-0.15, -0.1) is 5.10 Å². The standard InChI is InChI=1S/C19H13ClFN5O2/c20-14-7-4-8-15(21)13(14)10-26-11-22-19(24-26)23-18(27)16-9-17(28-25-16)12-5-2-1-3-6-12/h1-9,11H,10H2,(H,23,24,27). The molecule has 0 aliphatic heterocycles. The van der Waals surface area contributed by atoms with Gasteiger partial charge in [-0.3, -0.25) is 10.1 Å². The van der Waals surface area contributed by atoms with E-state index in [9.17, 15) is 9.18 Å². The maximum atomic E-state index is 13.9. The summed E-state index contributed by atoms with van der Waals surface area (Å²) in [6.45, 7) is 0.0799. The van der Waals surface area contributed by atoms with Crippen molar-refractivity contribution in [2.75, 3.05) is 5.32 Å². The van der Waals surface area contributed by atoms with E-state index < -0.39 is 11.7 Å². The molecule has 0 unspecified atom stereocenters. The molecule has 0 radical (unpaired) electrons. The Bertz CT molecular complexity index is 1110. The van der Waals surface area contributed by atoms with Gasteiger partial charge >= 0.3 is 0 Å². The van der Waals surface area contributed by atoms with E-state index >= 15 is 0 Å². The Morgan fingerprint density at radius 2 is 2.00 bits per heavy atom. The summed E-state index contributed by atoms with van der Waals surface area (Å²) in [5.41, 5.74) is 1.18. The van der Waals surface area contributed by atoms with Crippen LogP contribution in [0.5, 0.6) is 0 Å². The van der Waals surface area contributed by atoms with Crippen LogP contribution in [0.3, 0.4) is 0 Å². The highest BCUT2D eigenvalue weighted by molar-refractivity contribution is 6.31. The Labute approximate surface area is 163 Å². The van der Waals surface area contributed by atoms with Gasteiger partial charge in [0.2, 0.25) is 5.95 Å². The lowest BCUT2D eigenvalue weighted by Gasteiger charge is -2.05. The van der Waals surface area contributed by atoms with Crippen molar-refractivity contribution >= 4 is 23.5 Å². The average molecular weight is 398 g/mol. The largest absolute Gasteiger partial charge is 0.355 e. The van der Waals surface area contributed by atoms with Crippen molar-refractivity contribution in [2.24, 2.45) is 0 Å². The third kappa shape index (κ3) is 3.77. The minimum atomic E-state index is -0.521. The zero-order valence-electron chi connectivity index (χ0n) is 14.3. The Kier molecular flexibility index (Phi) is 4.86. The molecule has 0 fully saturated rings. The smallest absolute Gasteiger partial charge is 0.280 e. The van der Waals surface area contributed by atoms with Crippen LogP contribution in [0.15, 0.2) is 65.4 Å². The molecule has 2 aromatic heterocycles. The molecule has 0 spiro atoms. The maximum Gasteiger partial charge on any atom is 0.280 e. The summed E-state index contributed by atoms with van der Waals surface area (Å²) in [6, 6.07) is 15.2. The van der Waals surface area contributed by atoms with Gasteiger partial charge < -0.3 is 4.52 Å². The second-order valence-electron chi connectivity index (χ2n) is 5.86. The topological polar surface area (TPSA) is 85.8 Å². The summed E-state index contributed by atoms with van der Waals surface area (Å²) >= 11 is 6.01. The van der Waals surface area contributed by atoms with E-state index in [4.69, 9.17) is 16.1 Å². The molecule has 28 heavy (non-hydrogen) atoms. The van der Waals surface area contributed by atoms with Crippen LogP contribution in [-0.2, 0) is 6.54 Å². The van der Waals surface area contributed by atoms with Gasteiger partial charge in [-0.1, -0.05) is 53.2 Å². The quantitative estimate of drug-likeness (QED) is 0.549. The number of benzene rings is 2. The Hall–Kier alpha value is -3.52. The van der Waals surface area contributed by atoms with Gasteiger partial charge in [-0.2, -0.15) is 0 Å². The molecule has 2 aromatic carbocycles. The van der Waals surface area contributed by atoms with Crippen molar-refractivity contribution in [3.05, 3.63) is 83.0 Å². The van der Waals surface area contributed by atoms with Crippen molar-refractivity contribution < 1.29 is 13.7 Å². The summed E-state index contributed by atoms with van der Waals surface area (Å²) in [5.74, 6) is -0.433. The fourth-order valence-electron chi connectivity index (χ4n) is 2.56. The third-order valence-corrected chi connectivity index (χ3v) is 4.30. The van der Waals surface area contributed by atoms with E-state index in [-0.39, 0.29) is 28.8 Å². The first-order valence-electron chi connectivity index (χ1n) is 8.26. The number of nitrogens with zero attached hydrogens (tertiary/aromatic N) is 4. The monoisotopic (exact) mass is 397 g/mol. The SMILES string of the molecule is O=C(Nc1ncn(Cc2c(F)cccc2Cl)n1)c1cc(-c2ccccc2)on1. The fourth-order valence-corrected chi connectivity index (χ4v) is 2.78. The number of aromatic nitrogens is 4. The van der Waals surface area contributed by atoms with E-state index in [1.165, 1.54) is 29.2 Å². The molecule has 7 nitrogen and oxygen atoms in total. The number of rotatable bonds is 5. The van der Waals surface area contributed by atoms with Crippen molar-refractivity contribution in [2.45, 2.75) is 6.54 Å². The van der Waals surface area contributed by atoms with Gasteiger partial charge in [-0.05, 0) is 12.1 Å². The van der Waals surface area contributed by atoms with Gasteiger partial charge in [-0.25, -0.2) is 14.1 Å². The van der Waals surface area contributed by atoms with Gasteiger partial charge in [0.1, 0.15) is 12.1 Å². The zero-order chi connectivity index (χ0) is 19.5. The van der Waals surface area contributed by atoms with Gasteiger partial charge in [0.25, 0.3) is 5.91 Å². The molecule has 140 valence electrons. The van der Waals surface area contributed by atoms with Crippen LogP contribution in [0, 0.1) is 5.82 Å². The molecular weight excluding hydrogens is 385 g/mol. The summed E-state index contributed by atoms with van der Waals surface area (Å²) in [5, 5.41) is 10.7. The first kappa shape index (κ1) is 17.9. The Morgan fingerprint density at radius 1 is 1.18 bits per heavy atom. The lowest BCUT2D eigenvalue weighted by atomic mass is 10.1. The predicted octanol–water partition coefficient (Wildman–Crippen LogP) is 4.03. The second-order valence-corrected chi connectivity index (χ2v) is 6.27. The minimum absolute atomic E-state index is 0.0572. The molecule has 0 saturated carbocycles. The molecule has 4 aromatic rings. The summed E-state index contributed by atoms with van der Waals surface area (Å²) in [4.78, 5) is 16.3. The van der Waals surface area contributed by atoms with Gasteiger partial charge in [0, 0.05) is 22.2 Å². The van der Waals surface area contributed by atoms with Crippen LogP contribution in [0.4, 0.5) is 10.3 Å². The van der Waals surface area contributed by atoms with Crippen molar-refractivity contribution in [3.8, 4) is 11.3 Å². The van der Waals surface area contributed by atoms with Crippen molar-refractivity contribution in [1.29, 1.82) is 0 Å². The van der Waals surface area contributed by atoms with Crippen LogP contribution >= 0.6 is 11.6 Å². The molecule has 1 amide bonds. The Morgan fingerprint density at radius 3 is 2.79 bits per heavy atom. The molecule has 0 bridgehead atoms. The number of carbonyl (C=O) groups is 1. The van der Waals surface area contributed by atoms with Crippen LogP contribution in [0.1, 0.15) is 16.1 Å². The first-order valence-corrected chi connectivity index (χ1v) is 8.64. The van der Waals surface area contributed by atoms with E-state index in [0.29, 0.717) is 5.76 Å². The fraction of sp³-hybridized carbons (Fsp3) is 0.0526. The van der Waals surface area contributed by atoms with Crippen LogP contribution in [0.25, 0.3) is 11.3 Å². The first-order chi connectivity index (χ1) is 13.6. The third-order valence-electron chi connectivity index (χ3n) is 3.94. The Balaban J connectivity index is 1.45. The van der Waals surface area contributed by atoms with E-state index in [2.05, 4.69) is 20.6 Å². The number of hydrogen-bond donors (Lipinski definition) is 1. The minimum Gasteiger partial charge on any atom is -0.355 e. The van der Waals surface area contributed by atoms with E-state index in [1.54, 1.807) is 6.07 Å². The van der Waals surface area contributed by atoms with E-state index in [1.807, 2.05) is 30.3 Å². The van der Waals surface area contributed by atoms with Gasteiger partial charge in [0.05, 0.1) is 6.54 Å². The summed E-state index contributed by atoms with van der Waals surface area (Å²) in [6.07, 6.45) is 1.37. The van der Waals surface area contributed by atoms with Crippen LogP contribution < -0.4 is 5.32 Å². The molecule has 0 saturated heterocycles. The number of anilines is 1. The van der Waals surface area contributed by atoms with Crippen molar-refractivity contribution in [1.82, 2.24) is 19.9 Å². The normalized spacial score (nSPS) is 10.8. The molecular formula is C19H13ClFN5O2. The summed E-state index contributed by atoms with van der Waals surface area (Å²) < 4.78 is 20.5. The predicted molar refractivity (Wildman–Crippen MR) is 100 cm³/mol. The molecule has 9 heteroatoms.